The first-order chi connectivity index (χ1) is 14.9. The van der Waals surface area contributed by atoms with E-state index in [1.807, 2.05) is 5.38 Å². The van der Waals surface area contributed by atoms with Crippen molar-refractivity contribution in [2.24, 2.45) is 0 Å². The number of anilines is 2. The fourth-order valence-corrected chi connectivity index (χ4v) is 3.70. The second kappa shape index (κ2) is 10.3. The van der Waals surface area contributed by atoms with Gasteiger partial charge in [0.2, 0.25) is 0 Å². The van der Waals surface area contributed by atoms with Gasteiger partial charge in [-0.05, 0) is 54.0 Å². The largest absolute Gasteiger partial charge is 0.495 e. The zero-order valence-corrected chi connectivity index (χ0v) is 18.9. The van der Waals surface area contributed by atoms with E-state index in [9.17, 15) is 9.59 Å². The highest BCUT2D eigenvalue weighted by Gasteiger charge is 2.13. The fraction of sp³-hybridized carbons (Fsp3) is 0.0952. The molecule has 0 unspecified atom stereocenters. The molecular weight excluding hydrogens is 458 g/mol. The first-order valence-corrected chi connectivity index (χ1v) is 10.6. The summed E-state index contributed by atoms with van der Waals surface area (Å²) in [4.78, 5) is 25.3. The molecule has 31 heavy (non-hydrogen) atoms. The Kier molecular flexibility index (Phi) is 7.45. The molecule has 7 nitrogen and oxygen atoms in total. The first kappa shape index (κ1) is 22.5. The molecule has 3 aromatic rings. The Balaban J connectivity index is 1.65. The van der Waals surface area contributed by atoms with Crippen molar-refractivity contribution >= 4 is 63.5 Å². The van der Waals surface area contributed by atoms with Crippen molar-refractivity contribution in [1.82, 2.24) is 5.32 Å². The molecule has 0 saturated carbocycles. The van der Waals surface area contributed by atoms with Crippen LogP contribution in [0.2, 0.25) is 5.02 Å². The number of halogens is 1. The molecule has 2 aromatic carbocycles. The number of carbonyl (C=O) groups is 2. The van der Waals surface area contributed by atoms with Crippen LogP contribution < -0.4 is 25.4 Å². The molecule has 0 radical (unpaired) electrons. The van der Waals surface area contributed by atoms with Crippen molar-refractivity contribution < 1.29 is 19.1 Å². The molecule has 2 amide bonds. The minimum Gasteiger partial charge on any atom is -0.495 e. The molecule has 3 N–H and O–H groups in total. The van der Waals surface area contributed by atoms with Crippen molar-refractivity contribution in [3.63, 3.8) is 0 Å². The number of ether oxygens (including phenoxy) is 2. The van der Waals surface area contributed by atoms with Gasteiger partial charge in [-0.1, -0.05) is 17.7 Å². The van der Waals surface area contributed by atoms with Gasteiger partial charge in [0.05, 0.1) is 29.8 Å². The van der Waals surface area contributed by atoms with E-state index in [-0.39, 0.29) is 11.0 Å². The smallest absolute Gasteiger partial charge is 0.265 e. The van der Waals surface area contributed by atoms with Gasteiger partial charge in [-0.3, -0.25) is 14.9 Å². The molecule has 1 heterocycles. The lowest BCUT2D eigenvalue weighted by Crippen LogP contribution is -2.34. The van der Waals surface area contributed by atoms with Gasteiger partial charge in [-0.15, -0.1) is 11.3 Å². The van der Waals surface area contributed by atoms with Crippen LogP contribution in [0.15, 0.2) is 53.9 Å². The lowest BCUT2D eigenvalue weighted by Gasteiger charge is -2.14. The number of hydrogen-bond donors (Lipinski definition) is 3. The van der Waals surface area contributed by atoms with Crippen molar-refractivity contribution in [2.75, 3.05) is 24.9 Å². The normalized spacial score (nSPS) is 10.2. The third kappa shape index (κ3) is 5.72. The quantitative estimate of drug-likeness (QED) is 0.444. The summed E-state index contributed by atoms with van der Waals surface area (Å²) in [5, 5.41) is 10.5. The van der Waals surface area contributed by atoms with Crippen molar-refractivity contribution in [3.8, 4) is 11.5 Å². The molecule has 0 aliphatic rings. The van der Waals surface area contributed by atoms with Gasteiger partial charge in [0.15, 0.2) is 5.11 Å². The summed E-state index contributed by atoms with van der Waals surface area (Å²) < 4.78 is 10.4. The molecule has 1 aromatic heterocycles. The van der Waals surface area contributed by atoms with E-state index >= 15 is 0 Å². The number of methoxy groups -OCH3 is 2. The van der Waals surface area contributed by atoms with Crippen LogP contribution in [0.5, 0.6) is 11.5 Å². The summed E-state index contributed by atoms with van der Waals surface area (Å²) in [6.07, 6.45) is 0. The molecular formula is C21H18ClN3O4S2. The Morgan fingerprint density at radius 3 is 2.39 bits per heavy atom. The predicted molar refractivity (Wildman–Crippen MR) is 127 cm³/mol. The van der Waals surface area contributed by atoms with Crippen LogP contribution in [0.4, 0.5) is 11.4 Å². The molecule has 0 fully saturated rings. The standard InChI is InChI=1S/C21H18ClN3O4S2/c1-28-16-8-5-12(10-14(16)22)19(26)25-21(30)23-13-6-7-15(17(11-13)29-2)24-20(27)18-4-3-9-31-18/h3-11H,1-2H3,(H,24,27)(H2,23,25,26,30). The highest BCUT2D eigenvalue weighted by Crippen LogP contribution is 2.29. The minimum absolute atomic E-state index is 0.0920. The summed E-state index contributed by atoms with van der Waals surface area (Å²) in [5.41, 5.74) is 1.41. The molecule has 0 spiro atoms. The van der Waals surface area contributed by atoms with Crippen molar-refractivity contribution in [2.45, 2.75) is 0 Å². The molecule has 10 heteroatoms. The van der Waals surface area contributed by atoms with Crippen molar-refractivity contribution in [3.05, 3.63) is 69.4 Å². The third-order valence-corrected chi connectivity index (χ3v) is 5.46. The summed E-state index contributed by atoms with van der Waals surface area (Å²) in [7, 11) is 2.99. The Hall–Kier alpha value is -3.14. The average Bonchev–Trinajstić information content (AvgIpc) is 3.29. The number of hydrogen-bond acceptors (Lipinski definition) is 6. The van der Waals surface area contributed by atoms with Crippen LogP contribution in [-0.4, -0.2) is 31.1 Å². The number of amides is 2. The fourth-order valence-electron chi connectivity index (χ4n) is 2.61. The van der Waals surface area contributed by atoms with Crippen LogP contribution in [-0.2, 0) is 0 Å². The van der Waals surface area contributed by atoms with Gasteiger partial charge in [-0.2, -0.15) is 0 Å². The molecule has 0 bridgehead atoms. The number of nitrogens with one attached hydrogen (secondary N) is 3. The molecule has 160 valence electrons. The van der Waals surface area contributed by atoms with Crippen LogP contribution in [0.3, 0.4) is 0 Å². The minimum atomic E-state index is -0.422. The number of rotatable bonds is 6. The monoisotopic (exact) mass is 475 g/mol. The summed E-state index contributed by atoms with van der Waals surface area (Å²) >= 11 is 12.6. The Bertz CT molecular complexity index is 1120. The summed E-state index contributed by atoms with van der Waals surface area (Å²) in [6.45, 7) is 0. The number of carbonyl (C=O) groups excluding carboxylic acids is 2. The van der Waals surface area contributed by atoms with Gasteiger partial charge in [-0.25, -0.2) is 0 Å². The second-order valence-electron chi connectivity index (χ2n) is 6.10. The van der Waals surface area contributed by atoms with Crippen LogP contribution in [0, 0.1) is 0 Å². The maximum absolute atomic E-state index is 12.4. The van der Waals surface area contributed by atoms with E-state index in [0.717, 1.165) is 0 Å². The molecule has 0 aliphatic carbocycles. The van der Waals surface area contributed by atoms with Crippen LogP contribution in [0.25, 0.3) is 0 Å². The number of thiocarbonyl (C=S) groups is 1. The highest BCUT2D eigenvalue weighted by molar-refractivity contribution is 7.80. The Labute approximate surface area is 193 Å². The Morgan fingerprint density at radius 2 is 1.74 bits per heavy atom. The Morgan fingerprint density at radius 1 is 0.968 bits per heavy atom. The average molecular weight is 476 g/mol. The van der Waals surface area contributed by atoms with Gasteiger partial charge >= 0.3 is 0 Å². The summed E-state index contributed by atoms with van der Waals surface area (Å²) in [6, 6.07) is 13.3. The topological polar surface area (TPSA) is 88.7 Å². The highest BCUT2D eigenvalue weighted by atomic mass is 35.5. The van der Waals surface area contributed by atoms with Gasteiger partial charge in [0.25, 0.3) is 11.8 Å². The maximum Gasteiger partial charge on any atom is 0.265 e. The first-order valence-electron chi connectivity index (χ1n) is 8.90. The van der Waals surface area contributed by atoms with E-state index in [1.54, 1.807) is 42.5 Å². The lowest BCUT2D eigenvalue weighted by atomic mass is 10.2. The number of thiophene rings is 1. The lowest BCUT2D eigenvalue weighted by molar-refractivity contribution is 0.0976. The third-order valence-electron chi connectivity index (χ3n) is 4.09. The van der Waals surface area contributed by atoms with E-state index in [0.29, 0.717) is 38.3 Å². The zero-order valence-electron chi connectivity index (χ0n) is 16.5. The molecule has 3 rings (SSSR count). The van der Waals surface area contributed by atoms with Gasteiger partial charge < -0.3 is 20.1 Å². The van der Waals surface area contributed by atoms with Gasteiger partial charge in [0, 0.05) is 17.3 Å². The molecule has 0 saturated heterocycles. The molecule has 0 atom stereocenters. The van der Waals surface area contributed by atoms with Gasteiger partial charge in [0.1, 0.15) is 11.5 Å². The van der Waals surface area contributed by atoms with E-state index in [4.69, 9.17) is 33.3 Å². The van der Waals surface area contributed by atoms with Crippen LogP contribution in [0.1, 0.15) is 20.0 Å². The van der Waals surface area contributed by atoms with E-state index in [2.05, 4.69) is 16.0 Å². The van der Waals surface area contributed by atoms with Crippen LogP contribution >= 0.6 is 35.2 Å². The SMILES string of the molecule is COc1ccc(C(=O)NC(=S)Nc2ccc(NC(=O)c3cccs3)c(OC)c2)cc1Cl. The summed E-state index contributed by atoms with van der Waals surface area (Å²) in [5.74, 6) is 0.257. The zero-order chi connectivity index (χ0) is 22.4. The second-order valence-corrected chi connectivity index (χ2v) is 7.87. The van der Waals surface area contributed by atoms with Crippen molar-refractivity contribution in [1.29, 1.82) is 0 Å². The van der Waals surface area contributed by atoms with E-state index < -0.39 is 5.91 Å². The van der Waals surface area contributed by atoms with E-state index in [1.165, 1.54) is 31.6 Å². The number of benzene rings is 2. The predicted octanol–water partition coefficient (Wildman–Crippen LogP) is 4.80. The molecule has 0 aliphatic heterocycles. The maximum atomic E-state index is 12.4.